The van der Waals surface area contributed by atoms with Crippen molar-refractivity contribution in [1.82, 2.24) is 15.2 Å². The third-order valence-corrected chi connectivity index (χ3v) is 3.17. The van der Waals surface area contributed by atoms with Crippen molar-refractivity contribution in [2.24, 2.45) is 7.05 Å². The molecule has 1 rings (SSSR count). The molecule has 0 atom stereocenters. The minimum Gasteiger partial charge on any atom is -0.354 e. The second-order valence-electron chi connectivity index (χ2n) is 5.10. The first kappa shape index (κ1) is 14.8. The van der Waals surface area contributed by atoms with Gasteiger partial charge in [0.1, 0.15) is 0 Å². The van der Waals surface area contributed by atoms with Gasteiger partial charge in [-0.3, -0.25) is 4.79 Å². The van der Waals surface area contributed by atoms with Gasteiger partial charge in [-0.25, -0.2) is 0 Å². The first-order valence-corrected chi connectivity index (χ1v) is 6.53. The Bertz CT molecular complexity index is 407. The van der Waals surface area contributed by atoms with Crippen LogP contribution in [0.1, 0.15) is 37.2 Å². The Labute approximate surface area is 110 Å². The van der Waals surface area contributed by atoms with E-state index in [-0.39, 0.29) is 11.9 Å². The largest absolute Gasteiger partial charge is 0.354 e. The molecule has 4 heteroatoms. The molecule has 0 aliphatic rings. The van der Waals surface area contributed by atoms with Gasteiger partial charge in [0, 0.05) is 44.0 Å². The molecule has 0 radical (unpaired) electrons. The highest BCUT2D eigenvalue weighted by Gasteiger charge is 2.06. The van der Waals surface area contributed by atoms with Gasteiger partial charge in [0.15, 0.2) is 0 Å². The van der Waals surface area contributed by atoms with Crippen molar-refractivity contribution < 1.29 is 4.79 Å². The highest BCUT2D eigenvalue weighted by molar-refractivity contribution is 5.76. The van der Waals surface area contributed by atoms with Crippen molar-refractivity contribution in [3.63, 3.8) is 0 Å². The van der Waals surface area contributed by atoms with Crippen LogP contribution in [0.4, 0.5) is 0 Å². The van der Waals surface area contributed by atoms with Crippen molar-refractivity contribution in [3.05, 3.63) is 23.0 Å². The third kappa shape index (κ3) is 4.18. The van der Waals surface area contributed by atoms with Crippen LogP contribution in [-0.4, -0.2) is 23.1 Å². The molecule has 102 valence electrons. The van der Waals surface area contributed by atoms with Crippen LogP contribution in [0.2, 0.25) is 0 Å². The van der Waals surface area contributed by atoms with E-state index in [1.54, 1.807) is 0 Å². The van der Waals surface area contributed by atoms with E-state index in [9.17, 15) is 4.79 Å². The molecule has 0 spiro atoms. The number of carbonyl (C=O) groups is 1. The Morgan fingerprint density at radius 2 is 2.06 bits per heavy atom. The van der Waals surface area contributed by atoms with E-state index in [1.165, 1.54) is 17.0 Å². The van der Waals surface area contributed by atoms with Crippen LogP contribution in [0.25, 0.3) is 0 Å². The van der Waals surface area contributed by atoms with Gasteiger partial charge in [0.05, 0.1) is 0 Å². The Morgan fingerprint density at radius 3 is 2.56 bits per heavy atom. The van der Waals surface area contributed by atoms with E-state index >= 15 is 0 Å². The standard InChI is InChI=1S/C14H25N3O/c1-10(2)16-14(18)6-7-15-9-13-8-11(3)17(5)12(13)4/h8,10,15H,6-7,9H2,1-5H3,(H,16,18). The zero-order chi connectivity index (χ0) is 13.7. The second-order valence-corrected chi connectivity index (χ2v) is 5.10. The molecule has 2 N–H and O–H groups in total. The maximum atomic E-state index is 11.4. The van der Waals surface area contributed by atoms with Gasteiger partial charge < -0.3 is 15.2 Å². The van der Waals surface area contributed by atoms with Crippen molar-refractivity contribution >= 4 is 5.91 Å². The summed E-state index contributed by atoms with van der Waals surface area (Å²) in [7, 11) is 2.07. The molecule has 1 aromatic rings. The van der Waals surface area contributed by atoms with E-state index in [0.29, 0.717) is 13.0 Å². The Kier molecular flexibility index (Phi) is 5.41. The smallest absolute Gasteiger partial charge is 0.221 e. The summed E-state index contributed by atoms with van der Waals surface area (Å²) in [6.45, 7) is 9.71. The molecule has 0 fully saturated rings. The predicted molar refractivity (Wildman–Crippen MR) is 74.5 cm³/mol. The van der Waals surface area contributed by atoms with Gasteiger partial charge in [0.25, 0.3) is 0 Å². The average Bonchev–Trinajstić information content (AvgIpc) is 2.51. The first-order chi connectivity index (χ1) is 8.41. The summed E-state index contributed by atoms with van der Waals surface area (Å²) >= 11 is 0. The maximum Gasteiger partial charge on any atom is 0.221 e. The summed E-state index contributed by atoms with van der Waals surface area (Å²) < 4.78 is 2.18. The molecule has 1 heterocycles. The summed E-state index contributed by atoms with van der Waals surface area (Å²) in [6.07, 6.45) is 0.531. The van der Waals surface area contributed by atoms with Crippen LogP contribution in [0, 0.1) is 13.8 Å². The van der Waals surface area contributed by atoms with Crippen LogP contribution in [-0.2, 0) is 18.4 Å². The monoisotopic (exact) mass is 251 g/mol. The third-order valence-electron chi connectivity index (χ3n) is 3.17. The van der Waals surface area contributed by atoms with Crippen molar-refractivity contribution in [2.45, 2.75) is 46.7 Å². The number of amides is 1. The summed E-state index contributed by atoms with van der Waals surface area (Å²) in [5.41, 5.74) is 3.85. The van der Waals surface area contributed by atoms with E-state index < -0.39 is 0 Å². The number of aryl methyl sites for hydroxylation is 1. The van der Waals surface area contributed by atoms with E-state index in [1.807, 2.05) is 13.8 Å². The molecule has 0 aliphatic heterocycles. The number of carbonyl (C=O) groups excluding carboxylic acids is 1. The van der Waals surface area contributed by atoms with Crippen molar-refractivity contribution in [3.8, 4) is 0 Å². The SMILES string of the molecule is Cc1cc(CNCCC(=O)NC(C)C)c(C)n1C. The van der Waals surface area contributed by atoms with Crippen molar-refractivity contribution in [2.75, 3.05) is 6.54 Å². The fourth-order valence-electron chi connectivity index (χ4n) is 1.93. The first-order valence-electron chi connectivity index (χ1n) is 6.53. The van der Waals surface area contributed by atoms with Crippen LogP contribution in [0.5, 0.6) is 0 Å². The number of aromatic nitrogens is 1. The minimum atomic E-state index is 0.110. The van der Waals surface area contributed by atoms with E-state index in [0.717, 1.165) is 6.54 Å². The summed E-state index contributed by atoms with van der Waals surface area (Å²) in [5.74, 6) is 0.110. The summed E-state index contributed by atoms with van der Waals surface area (Å²) in [4.78, 5) is 11.4. The fraction of sp³-hybridized carbons (Fsp3) is 0.643. The van der Waals surface area contributed by atoms with Crippen LogP contribution in [0.3, 0.4) is 0 Å². The van der Waals surface area contributed by atoms with Crippen LogP contribution in [0.15, 0.2) is 6.07 Å². The quantitative estimate of drug-likeness (QED) is 0.755. The molecule has 1 aromatic heterocycles. The number of nitrogens with one attached hydrogen (secondary N) is 2. The second kappa shape index (κ2) is 6.59. The molecular formula is C14H25N3O. The molecule has 18 heavy (non-hydrogen) atoms. The van der Waals surface area contributed by atoms with Gasteiger partial charge in [0.2, 0.25) is 5.91 Å². The van der Waals surface area contributed by atoms with Crippen LogP contribution >= 0.6 is 0 Å². The molecule has 0 bridgehead atoms. The number of hydrogen-bond donors (Lipinski definition) is 2. The molecular weight excluding hydrogens is 226 g/mol. The van der Waals surface area contributed by atoms with Gasteiger partial charge in [-0.15, -0.1) is 0 Å². The molecule has 4 nitrogen and oxygen atoms in total. The van der Waals surface area contributed by atoms with Crippen LogP contribution < -0.4 is 10.6 Å². The van der Waals surface area contributed by atoms with E-state index in [2.05, 4.69) is 42.2 Å². The number of rotatable bonds is 6. The fourth-order valence-corrected chi connectivity index (χ4v) is 1.93. The predicted octanol–water partition coefficient (Wildman–Crippen LogP) is 1.65. The Morgan fingerprint density at radius 1 is 1.39 bits per heavy atom. The normalized spacial score (nSPS) is 11.0. The lowest BCUT2D eigenvalue weighted by Gasteiger charge is -2.09. The molecule has 0 unspecified atom stereocenters. The number of hydrogen-bond acceptors (Lipinski definition) is 2. The Hall–Kier alpha value is -1.29. The number of nitrogens with zero attached hydrogens (tertiary/aromatic N) is 1. The molecule has 0 saturated carbocycles. The lowest BCUT2D eigenvalue weighted by Crippen LogP contribution is -2.32. The summed E-state index contributed by atoms with van der Waals surface area (Å²) in [5, 5.41) is 6.20. The highest BCUT2D eigenvalue weighted by Crippen LogP contribution is 2.12. The lowest BCUT2D eigenvalue weighted by molar-refractivity contribution is -0.121. The molecule has 1 amide bonds. The maximum absolute atomic E-state index is 11.4. The molecule has 0 aromatic carbocycles. The van der Waals surface area contributed by atoms with Crippen molar-refractivity contribution in [1.29, 1.82) is 0 Å². The minimum absolute atomic E-state index is 0.110. The molecule has 0 aliphatic carbocycles. The summed E-state index contributed by atoms with van der Waals surface area (Å²) in [6, 6.07) is 2.41. The topological polar surface area (TPSA) is 46.1 Å². The van der Waals surface area contributed by atoms with Gasteiger partial charge >= 0.3 is 0 Å². The van der Waals surface area contributed by atoms with Gasteiger partial charge in [-0.2, -0.15) is 0 Å². The highest BCUT2D eigenvalue weighted by atomic mass is 16.1. The van der Waals surface area contributed by atoms with Gasteiger partial charge in [-0.05, 0) is 39.3 Å². The zero-order valence-electron chi connectivity index (χ0n) is 12.1. The van der Waals surface area contributed by atoms with Gasteiger partial charge in [-0.1, -0.05) is 0 Å². The Balaban J connectivity index is 2.30. The zero-order valence-corrected chi connectivity index (χ0v) is 12.1. The average molecular weight is 251 g/mol. The lowest BCUT2D eigenvalue weighted by atomic mass is 10.2. The van der Waals surface area contributed by atoms with E-state index in [4.69, 9.17) is 0 Å². The molecule has 0 saturated heterocycles.